The number of nitrogens with zero attached hydrogens (tertiary/aromatic N) is 3. The van der Waals surface area contributed by atoms with Gasteiger partial charge >= 0.3 is 5.97 Å². The Labute approximate surface area is 230 Å². The number of carbonyl (C=O) groups is 3. The van der Waals surface area contributed by atoms with E-state index in [-0.39, 0.29) is 51.4 Å². The third kappa shape index (κ3) is 5.57. The molecule has 0 spiro atoms. The van der Waals surface area contributed by atoms with Gasteiger partial charge in [0.1, 0.15) is 35.2 Å². The summed E-state index contributed by atoms with van der Waals surface area (Å²) in [6.45, 7) is 0.0119. The highest BCUT2D eigenvalue weighted by atomic mass is 35.5. The van der Waals surface area contributed by atoms with Crippen molar-refractivity contribution in [2.24, 2.45) is 11.1 Å². The molecule has 4 rings (SSSR count). The summed E-state index contributed by atoms with van der Waals surface area (Å²) in [6.07, 6.45) is -0.173. The molecule has 0 aliphatic carbocycles. The minimum Gasteiger partial charge on any atom is -0.497 e. The highest BCUT2D eigenvalue weighted by Crippen LogP contribution is 2.46. The lowest BCUT2D eigenvalue weighted by molar-refractivity contribution is -0.155. The molecule has 10 nitrogen and oxygen atoms in total. The maximum Gasteiger partial charge on any atom is 0.355 e. The SMILES string of the molecule is CON=C(C(=O)C[C@@H]1C(=O)N2C(C(=O)OCc3ccc(OC)cc3)=C(CCl)CS[C@H]12)c1nc(N)sc1Cl. The highest BCUT2D eigenvalue weighted by Gasteiger charge is 2.54. The minimum atomic E-state index is -0.685. The van der Waals surface area contributed by atoms with Gasteiger partial charge in [0.05, 0.1) is 18.4 Å². The van der Waals surface area contributed by atoms with Crippen molar-refractivity contribution in [3.8, 4) is 5.75 Å². The number of carbonyl (C=O) groups excluding carboxylic acids is 3. The second-order valence-electron chi connectivity index (χ2n) is 7.95. The number of anilines is 1. The number of thioether (sulfide) groups is 1. The molecule has 2 atom stereocenters. The van der Waals surface area contributed by atoms with Gasteiger partial charge in [-0.15, -0.1) is 23.4 Å². The molecule has 0 radical (unpaired) electrons. The van der Waals surface area contributed by atoms with Crippen LogP contribution in [-0.4, -0.2) is 64.5 Å². The summed E-state index contributed by atoms with van der Waals surface area (Å²) in [5.74, 6) is -1.04. The molecule has 2 aliphatic rings. The van der Waals surface area contributed by atoms with Gasteiger partial charge in [0.2, 0.25) is 5.91 Å². The number of ether oxygens (including phenoxy) is 2. The van der Waals surface area contributed by atoms with Gasteiger partial charge in [0.15, 0.2) is 16.6 Å². The number of oxime groups is 1. The fourth-order valence-corrected chi connectivity index (χ4v) is 6.60. The van der Waals surface area contributed by atoms with Crippen LogP contribution >= 0.6 is 46.3 Å². The number of ketones is 1. The van der Waals surface area contributed by atoms with Crippen LogP contribution < -0.4 is 10.5 Å². The lowest BCUT2D eigenvalue weighted by Gasteiger charge is -2.49. The number of β-lactam (4-membered cyclic amide) rings is 1. The number of fused-ring (bicyclic) bond motifs is 1. The minimum absolute atomic E-state index is 0.0119. The zero-order valence-corrected chi connectivity index (χ0v) is 22.9. The number of thiazole rings is 1. The van der Waals surface area contributed by atoms with Crippen molar-refractivity contribution in [2.75, 3.05) is 31.6 Å². The lowest BCUT2D eigenvalue weighted by atomic mass is 9.89. The maximum atomic E-state index is 13.2. The van der Waals surface area contributed by atoms with Crippen molar-refractivity contribution in [3.63, 3.8) is 0 Å². The Morgan fingerprint density at radius 1 is 1.27 bits per heavy atom. The second kappa shape index (κ2) is 11.7. The number of benzene rings is 1. The van der Waals surface area contributed by atoms with E-state index >= 15 is 0 Å². The van der Waals surface area contributed by atoms with Gasteiger partial charge in [-0.2, -0.15) is 0 Å². The zero-order chi connectivity index (χ0) is 26.7. The van der Waals surface area contributed by atoms with E-state index < -0.39 is 23.0 Å². The maximum absolute atomic E-state index is 13.2. The summed E-state index contributed by atoms with van der Waals surface area (Å²) in [6, 6.07) is 7.07. The van der Waals surface area contributed by atoms with Crippen LogP contribution in [0.15, 0.2) is 40.7 Å². The zero-order valence-electron chi connectivity index (χ0n) is 19.7. The van der Waals surface area contributed by atoms with E-state index in [0.717, 1.165) is 16.9 Å². The van der Waals surface area contributed by atoms with Gasteiger partial charge in [0, 0.05) is 18.1 Å². The van der Waals surface area contributed by atoms with Gasteiger partial charge < -0.3 is 20.0 Å². The molecule has 2 aromatic rings. The average molecular weight is 585 g/mol. The second-order valence-corrected chi connectivity index (χ2v) is 11.0. The van der Waals surface area contributed by atoms with E-state index in [9.17, 15) is 14.4 Å². The molecule has 1 amide bonds. The van der Waals surface area contributed by atoms with E-state index in [1.807, 2.05) is 0 Å². The third-order valence-corrected chi connectivity index (χ3v) is 8.52. The molecule has 1 fully saturated rings. The number of alkyl halides is 1. The van der Waals surface area contributed by atoms with Crippen molar-refractivity contribution in [2.45, 2.75) is 18.4 Å². The Balaban J connectivity index is 1.47. The van der Waals surface area contributed by atoms with Crippen molar-refractivity contribution in [3.05, 3.63) is 51.1 Å². The Morgan fingerprint density at radius 2 is 2.00 bits per heavy atom. The first-order valence-corrected chi connectivity index (χ1v) is 13.7. The number of hydrogen-bond donors (Lipinski definition) is 1. The predicted octanol–water partition coefficient (Wildman–Crippen LogP) is 3.46. The first-order valence-electron chi connectivity index (χ1n) is 10.9. The Bertz CT molecular complexity index is 1280. The van der Waals surface area contributed by atoms with Crippen LogP contribution in [0.2, 0.25) is 4.34 Å². The van der Waals surface area contributed by atoms with Crippen LogP contribution in [0.25, 0.3) is 0 Å². The van der Waals surface area contributed by atoms with Crippen LogP contribution in [0.1, 0.15) is 17.7 Å². The van der Waals surface area contributed by atoms with Gasteiger partial charge in [0.25, 0.3) is 0 Å². The predicted molar refractivity (Wildman–Crippen MR) is 142 cm³/mol. The van der Waals surface area contributed by atoms with Crippen LogP contribution in [0.4, 0.5) is 5.13 Å². The summed E-state index contributed by atoms with van der Waals surface area (Å²) >= 11 is 14.7. The van der Waals surface area contributed by atoms with Crippen LogP contribution in [0.3, 0.4) is 0 Å². The number of esters is 1. The molecule has 37 heavy (non-hydrogen) atoms. The molecule has 3 heterocycles. The number of halogens is 2. The van der Waals surface area contributed by atoms with Crippen LogP contribution in [0, 0.1) is 5.92 Å². The molecule has 1 aromatic heterocycles. The number of aromatic nitrogens is 1. The number of methoxy groups -OCH3 is 1. The van der Waals surface area contributed by atoms with Gasteiger partial charge in [-0.1, -0.05) is 40.2 Å². The largest absolute Gasteiger partial charge is 0.497 e. The molecular formula is C23H22Cl2N4O6S2. The number of rotatable bonds is 10. The van der Waals surface area contributed by atoms with Crippen LogP contribution in [-0.2, 0) is 30.6 Å². The molecule has 196 valence electrons. The smallest absolute Gasteiger partial charge is 0.355 e. The fourth-order valence-electron chi connectivity index (χ4n) is 3.93. The Hall–Kier alpha value is -2.80. The molecule has 14 heteroatoms. The summed E-state index contributed by atoms with van der Waals surface area (Å²) in [5.41, 5.74) is 7.15. The molecule has 1 saturated heterocycles. The van der Waals surface area contributed by atoms with E-state index in [4.69, 9.17) is 43.2 Å². The normalized spacial score (nSPS) is 19.3. The molecule has 1 aromatic carbocycles. The number of nitrogen functional groups attached to an aromatic ring is 1. The molecule has 2 aliphatic heterocycles. The van der Waals surface area contributed by atoms with E-state index in [0.29, 0.717) is 17.1 Å². The summed E-state index contributed by atoms with van der Waals surface area (Å²) in [4.78, 5) is 49.5. The average Bonchev–Trinajstić information content (AvgIpc) is 3.24. The first kappa shape index (κ1) is 27.2. The van der Waals surface area contributed by atoms with Crippen molar-refractivity contribution in [1.29, 1.82) is 0 Å². The van der Waals surface area contributed by atoms with E-state index in [2.05, 4.69) is 10.1 Å². The van der Waals surface area contributed by atoms with Crippen molar-refractivity contribution >= 4 is 74.8 Å². The monoisotopic (exact) mass is 584 g/mol. The number of Topliss-reactive ketones (excluding diaryl/α,β-unsaturated/α-hetero) is 1. The molecule has 0 bridgehead atoms. The number of nitrogens with two attached hydrogens (primary N) is 1. The van der Waals surface area contributed by atoms with Crippen molar-refractivity contribution < 1.29 is 28.7 Å². The van der Waals surface area contributed by atoms with E-state index in [1.54, 1.807) is 31.4 Å². The molecule has 2 N–H and O–H groups in total. The molecule has 0 saturated carbocycles. The quantitative estimate of drug-likeness (QED) is 0.146. The molecular weight excluding hydrogens is 563 g/mol. The number of hydrogen-bond acceptors (Lipinski definition) is 11. The van der Waals surface area contributed by atoms with Crippen LogP contribution in [0.5, 0.6) is 5.75 Å². The van der Waals surface area contributed by atoms with E-state index in [1.165, 1.54) is 23.8 Å². The third-order valence-electron chi connectivity index (χ3n) is 5.72. The Kier molecular flexibility index (Phi) is 8.63. The first-order chi connectivity index (χ1) is 17.8. The summed E-state index contributed by atoms with van der Waals surface area (Å²) in [7, 11) is 2.85. The van der Waals surface area contributed by atoms with Gasteiger partial charge in [-0.05, 0) is 23.3 Å². The summed E-state index contributed by atoms with van der Waals surface area (Å²) in [5, 5.41) is 3.50. The van der Waals surface area contributed by atoms with Gasteiger partial charge in [-0.25, -0.2) is 9.78 Å². The molecule has 0 unspecified atom stereocenters. The standard InChI is InChI=1S/C23H22Cl2N4O6S2/c1-33-13-5-3-11(4-6-13)9-35-22(32)18-12(8-24)10-36-21-14(20(31)29(18)21)7-15(30)16(28-34-2)17-19(25)37-23(26)27-17/h3-6,14,21H,7-10H2,1-2H3,(H2,26,27)/t14-,21-/m1/s1. The lowest BCUT2D eigenvalue weighted by Crippen LogP contribution is -2.62. The fraction of sp³-hybridized carbons (Fsp3) is 0.348. The Morgan fingerprint density at radius 3 is 2.59 bits per heavy atom. The topological polar surface area (TPSA) is 133 Å². The highest BCUT2D eigenvalue weighted by molar-refractivity contribution is 8.00. The number of amides is 1. The summed E-state index contributed by atoms with van der Waals surface area (Å²) < 4.78 is 10.8. The van der Waals surface area contributed by atoms with Crippen molar-refractivity contribution in [1.82, 2.24) is 9.88 Å². The van der Waals surface area contributed by atoms with Gasteiger partial charge in [-0.3, -0.25) is 14.5 Å².